The normalized spacial score (nSPS) is 11.3. The molecule has 4 heteroatoms. The van der Waals surface area contributed by atoms with E-state index in [1.54, 1.807) is 6.07 Å². The maximum atomic E-state index is 11.9. The molecule has 0 fully saturated rings. The van der Waals surface area contributed by atoms with Gasteiger partial charge in [0.15, 0.2) is 0 Å². The molecular weight excluding hydrogens is 304 g/mol. The van der Waals surface area contributed by atoms with Crippen LogP contribution in [0.3, 0.4) is 0 Å². The van der Waals surface area contributed by atoms with Crippen LogP contribution in [0.1, 0.15) is 32.3 Å². The number of hydrogen-bond donors (Lipinski definition) is 0. The second-order valence-electron chi connectivity index (χ2n) is 6.34. The van der Waals surface area contributed by atoms with Crippen molar-refractivity contribution in [1.82, 2.24) is 0 Å². The standard InChI is InChI=1S/C20H20O4/c1-13(2)7-10-18(21)23-12-15-11-19(22)24-17-9-8-14-5-3-4-6-16(14)20(15)17/h3-6,8-9,11,13H,7,10,12H2,1-2H3. The molecule has 24 heavy (non-hydrogen) atoms. The van der Waals surface area contributed by atoms with Crippen LogP contribution in [0.5, 0.6) is 0 Å². The summed E-state index contributed by atoms with van der Waals surface area (Å²) in [7, 11) is 0. The Hall–Kier alpha value is -2.62. The Morgan fingerprint density at radius 2 is 1.96 bits per heavy atom. The summed E-state index contributed by atoms with van der Waals surface area (Å²) >= 11 is 0. The molecule has 4 nitrogen and oxygen atoms in total. The number of rotatable bonds is 5. The van der Waals surface area contributed by atoms with Gasteiger partial charge >= 0.3 is 11.6 Å². The smallest absolute Gasteiger partial charge is 0.336 e. The van der Waals surface area contributed by atoms with E-state index < -0.39 is 5.63 Å². The number of carbonyl (C=O) groups is 1. The summed E-state index contributed by atoms with van der Waals surface area (Å²) < 4.78 is 10.7. The second kappa shape index (κ2) is 6.87. The van der Waals surface area contributed by atoms with Crippen LogP contribution in [0, 0.1) is 5.92 Å². The Bertz CT molecular complexity index is 937. The number of carbonyl (C=O) groups excluding carboxylic acids is 1. The summed E-state index contributed by atoms with van der Waals surface area (Å²) in [5.74, 6) is 0.205. The molecule has 3 rings (SSSR count). The highest BCUT2D eigenvalue weighted by Gasteiger charge is 2.12. The van der Waals surface area contributed by atoms with E-state index >= 15 is 0 Å². The van der Waals surface area contributed by atoms with Gasteiger partial charge in [0, 0.05) is 23.4 Å². The quantitative estimate of drug-likeness (QED) is 0.396. The number of ether oxygens (including phenoxy) is 1. The fraction of sp³-hybridized carbons (Fsp3) is 0.300. The zero-order valence-corrected chi connectivity index (χ0v) is 13.9. The molecule has 0 aliphatic rings. The van der Waals surface area contributed by atoms with Crippen molar-refractivity contribution < 1.29 is 13.9 Å². The molecule has 0 aliphatic carbocycles. The van der Waals surface area contributed by atoms with Crippen molar-refractivity contribution in [3.63, 3.8) is 0 Å². The van der Waals surface area contributed by atoms with Gasteiger partial charge in [-0.25, -0.2) is 4.79 Å². The van der Waals surface area contributed by atoms with E-state index in [2.05, 4.69) is 13.8 Å². The van der Waals surface area contributed by atoms with Crippen molar-refractivity contribution in [3.05, 3.63) is 58.4 Å². The third-order valence-electron chi connectivity index (χ3n) is 4.03. The third-order valence-corrected chi connectivity index (χ3v) is 4.03. The largest absolute Gasteiger partial charge is 0.461 e. The summed E-state index contributed by atoms with van der Waals surface area (Å²) in [5, 5.41) is 2.85. The highest BCUT2D eigenvalue weighted by atomic mass is 16.5. The second-order valence-corrected chi connectivity index (χ2v) is 6.34. The topological polar surface area (TPSA) is 56.5 Å². The first kappa shape index (κ1) is 16.2. The number of benzene rings is 2. The fourth-order valence-electron chi connectivity index (χ4n) is 2.77. The van der Waals surface area contributed by atoms with Crippen LogP contribution >= 0.6 is 0 Å². The zero-order valence-electron chi connectivity index (χ0n) is 13.9. The minimum atomic E-state index is -0.439. The Morgan fingerprint density at radius 1 is 1.17 bits per heavy atom. The number of hydrogen-bond acceptors (Lipinski definition) is 4. The molecule has 0 N–H and O–H groups in total. The highest BCUT2D eigenvalue weighted by molar-refractivity contribution is 6.07. The van der Waals surface area contributed by atoms with Crippen molar-refractivity contribution in [1.29, 1.82) is 0 Å². The SMILES string of the molecule is CC(C)CCC(=O)OCc1cc(=O)oc2ccc3ccccc3c12. The van der Waals surface area contributed by atoms with Crippen LogP contribution in [0.2, 0.25) is 0 Å². The maximum absolute atomic E-state index is 11.9. The van der Waals surface area contributed by atoms with Gasteiger partial charge < -0.3 is 9.15 Å². The van der Waals surface area contributed by atoms with E-state index in [4.69, 9.17) is 9.15 Å². The average molecular weight is 324 g/mol. The molecule has 2 aromatic carbocycles. The predicted octanol–water partition coefficient (Wildman–Crippen LogP) is 4.43. The zero-order chi connectivity index (χ0) is 17.1. The van der Waals surface area contributed by atoms with Gasteiger partial charge in [0.1, 0.15) is 12.2 Å². The van der Waals surface area contributed by atoms with Crippen LogP contribution in [0.15, 0.2) is 51.7 Å². The molecule has 1 aromatic heterocycles. The molecule has 3 aromatic rings. The monoisotopic (exact) mass is 324 g/mol. The van der Waals surface area contributed by atoms with Gasteiger partial charge in [-0.3, -0.25) is 4.79 Å². The van der Waals surface area contributed by atoms with E-state index in [1.807, 2.05) is 30.3 Å². The lowest BCUT2D eigenvalue weighted by molar-refractivity contribution is -0.145. The molecular formula is C20H20O4. The van der Waals surface area contributed by atoms with E-state index in [0.29, 0.717) is 23.5 Å². The number of fused-ring (bicyclic) bond motifs is 3. The summed E-state index contributed by atoms with van der Waals surface area (Å²) in [4.78, 5) is 23.7. The number of esters is 1. The van der Waals surface area contributed by atoms with Gasteiger partial charge in [-0.15, -0.1) is 0 Å². The summed E-state index contributed by atoms with van der Waals surface area (Å²) in [5.41, 5.74) is 0.747. The minimum absolute atomic E-state index is 0.0764. The Labute approximate surface area is 140 Å². The van der Waals surface area contributed by atoms with Crippen LogP contribution in [0.25, 0.3) is 21.7 Å². The third kappa shape index (κ3) is 3.48. The molecule has 124 valence electrons. The molecule has 0 saturated carbocycles. The van der Waals surface area contributed by atoms with E-state index in [0.717, 1.165) is 22.6 Å². The molecule has 0 atom stereocenters. The van der Waals surface area contributed by atoms with Crippen LogP contribution in [0.4, 0.5) is 0 Å². The van der Waals surface area contributed by atoms with Crippen molar-refractivity contribution in [3.8, 4) is 0 Å². The lowest BCUT2D eigenvalue weighted by atomic mass is 10.0. The Kier molecular flexibility index (Phi) is 4.65. The molecule has 0 spiro atoms. The van der Waals surface area contributed by atoms with E-state index in [-0.39, 0.29) is 12.6 Å². The van der Waals surface area contributed by atoms with Gasteiger partial charge in [-0.2, -0.15) is 0 Å². The minimum Gasteiger partial charge on any atom is -0.461 e. The maximum Gasteiger partial charge on any atom is 0.336 e. The van der Waals surface area contributed by atoms with Gasteiger partial charge in [-0.05, 0) is 29.2 Å². The first-order valence-electron chi connectivity index (χ1n) is 8.14. The lowest BCUT2D eigenvalue weighted by Gasteiger charge is -2.10. The fourth-order valence-corrected chi connectivity index (χ4v) is 2.77. The molecule has 0 unspecified atom stereocenters. The van der Waals surface area contributed by atoms with Crippen LogP contribution in [-0.2, 0) is 16.1 Å². The van der Waals surface area contributed by atoms with Crippen LogP contribution < -0.4 is 5.63 Å². The highest BCUT2D eigenvalue weighted by Crippen LogP contribution is 2.27. The van der Waals surface area contributed by atoms with Gasteiger partial charge in [0.05, 0.1) is 0 Å². The summed E-state index contributed by atoms with van der Waals surface area (Å²) in [6.45, 7) is 4.21. The molecule has 1 heterocycles. The van der Waals surface area contributed by atoms with E-state index in [1.165, 1.54) is 6.07 Å². The van der Waals surface area contributed by atoms with E-state index in [9.17, 15) is 9.59 Å². The van der Waals surface area contributed by atoms with Gasteiger partial charge in [0.25, 0.3) is 0 Å². The summed E-state index contributed by atoms with van der Waals surface area (Å²) in [6.07, 6.45) is 1.18. The summed E-state index contributed by atoms with van der Waals surface area (Å²) in [6, 6.07) is 13.0. The molecule has 0 radical (unpaired) electrons. The Morgan fingerprint density at radius 3 is 2.75 bits per heavy atom. The van der Waals surface area contributed by atoms with Crippen molar-refractivity contribution in [2.45, 2.75) is 33.3 Å². The predicted molar refractivity (Wildman–Crippen MR) is 93.9 cm³/mol. The van der Waals surface area contributed by atoms with Crippen LogP contribution in [-0.4, -0.2) is 5.97 Å². The molecule has 0 saturated heterocycles. The molecule has 0 bridgehead atoms. The van der Waals surface area contributed by atoms with Crippen molar-refractivity contribution in [2.75, 3.05) is 0 Å². The van der Waals surface area contributed by atoms with Gasteiger partial charge in [-0.1, -0.05) is 44.2 Å². The van der Waals surface area contributed by atoms with Crippen molar-refractivity contribution >= 4 is 27.7 Å². The molecule has 0 amide bonds. The lowest BCUT2D eigenvalue weighted by Crippen LogP contribution is -2.08. The average Bonchev–Trinajstić information content (AvgIpc) is 2.57. The molecule has 0 aliphatic heterocycles. The van der Waals surface area contributed by atoms with Gasteiger partial charge in [0.2, 0.25) is 0 Å². The Balaban J connectivity index is 1.96. The first-order chi connectivity index (χ1) is 11.5. The first-order valence-corrected chi connectivity index (χ1v) is 8.14. The van der Waals surface area contributed by atoms with Crippen molar-refractivity contribution in [2.24, 2.45) is 5.92 Å².